The van der Waals surface area contributed by atoms with Gasteiger partial charge in [0.05, 0.1) is 10.2 Å². The first-order chi connectivity index (χ1) is 8.30. The van der Waals surface area contributed by atoms with Gasteiger partial charge in [-0.1, -0.05) is 0 Å². The van der Waals surface area contributed by atoms with Crippen molar-refractivity contribution in [3.8, 4) is 0 Å². The van der Waals surface area contributed by atoms with Crippen molar-refractivity contribution in [1.82, 2.24) is 4.98 Å². The highest BCUT2D eigenvalue weighted by Crippen LogP contribution is 2.23. The van der Waals surface area contributed by atoms with E-state index < -0.39 is 20.0 Å². The number of aryl methyl sites for hydroxylation is 1. The molecule has 1 unspecified atom stereocenters. The monoisotopic (exact) mass is 292 g/mol. The van der Waals surface area contributed by atoms with Gasteiger partial charge in [-0.2, -0.15) is 0 Å². The number of hydrogen-bond acceptors (Lipinski definition) is 5. The van der Waals surface area contributed by atoms with Crippen molar-refractivity contribution in [2.45, 2.75) is 30.5 Å². The fourth-order valence-electron chi connectivity index (χ4n) is 1.44. The molecular formula is C10H13ClN2O4S. The number of hydrogen-bond donors (Lipinski definition) is 0. The summed E-state index contributed by atoms with van der Waals surface area (Å²) in [5.41, 5.74) is 0.0436. The molecule has 0 aliphatic rings. The van der Waals surface area contributed by atoms with Crippen LogP contribution in [0.15, 0.2) is 17.3 Å². The third-order valence-electron chi connectivity index (χ3n) is 2.54. The Morgan fingerprint density at radius 1 is 1.56 bits per heavy atom. The van der Waals surface area contributed by atoms with Gasteiger partial charge in [0.25, 0.3) is 5.69 Å². The Labute approximate surface area is 110 Å². The lowest BCUT2D eigenvalue weighted by molar-refractivity contribution is -0.385. The largest absolute Gasteiger partial charge is 0.287 e. The van der Waals surface area contributed by atoms with Gasteiger partial charge in [0.2, 0.25) is 0 Å². The quantitative estimate of drug-likeness (QED) is 0.471. The molecule has 0 saturated carbocycles. The Hall–Kier alpha value is -1.21. The van der Waals surface area contributed by atoms with Crippen LogP contribution in [-0.4, -0.2) is 29.5 Å². The molecule has 6 nitrogen and oxygen atoms in total. The summed E-state index contributed by atoms with van der Waals surface area (Å²) in [5.74, 6) is 0.229. The van der Waals surface area contributed by atoms with Crippen LogP contribution in [0.4, 0.5) is 5.69 Å². The third kappa shape index (κ3) is 2.97. The average Bonchev–Trinajstić information content (AvgIpc) is 2.28. The highest BCUT2D eigenvalue weighted by molar-refractivity contribution is 7.92. The highest BCUT2D eigenvalue weighted by Gasteiger charge is 2.27. The molecular weight excluding hydrogens is 280 g/mol. The molecule has 0 radical (unpaired) electrons. The van der Waals surface area contributed by atoms with Crippen LogP contribution in [0.5, 0.6) is 0 Å². The van der Waals surface area contributed by atoms with Gasteiger partial charge in [0.15, 0.2) is 14.9 Å². The number of halogens is 1. The average molecular weight is 293 g/mol. The van der Waals surface area contributed by atoms with Crippen molar-refractivity contribution in [3.63, 3.8) is 0 Å². The summed E-state index contributed by atoms with van der Waals surface area (Å²) in [6, 6.07) is 1.20. The lowest BCUT2D eigenvalue weighted by Crippen LogP contribution is -2.20. The summed E-state index contributed by atoms with van der Waals surface area (Å²) in [7, 11) is -3.59. The number of alkyl halides is 1. The van der Waals surface area contributed by atoms with Gasteiger partial charge in [0, 0.05) is 11.9 Å². The van der Waals surface area contributed by atoms with Crippen LogP contribution in [-0.2, 0) is 9.84 Å². The molecule has 1 aromatic heterocycles. The molecule has 1 atom stereocenters. The molecule has 0 aromatic carbocycles. The number of pyridine rings is 1. The predicted molar refractivity (Wildman–Crippen MR) is 67.6 cm³/mol. The second-order valence-electron chi connectivity index (χ2n) is 3.91. The lowest BCUT2D eigenvalue weighted by Gasteiger charge is -2.12. The first-order valence-electron chi connectivity index (χ1n) is 5.21. The normalized spacial score (nSPS) is 13.3. The molecule has 1 heterocycles. The predicted octanol–water partition coefficient (Wildman–Crippen LogP) is 2.09. The van der Waals surface area contributed by atoms with Gasteiger partial charge < -0.3 is 0 Å². The zero-order valence-corrected chi connectivity index (χ0v) is 11.5. The summed E-state index contributed by atoms with van der Waals surface area (Å²) in [6.45, 7) is 3.03. The Morgan fingerprint density at radius 2 is 2.17 bits per heavy atom. The Bertz CT molecular complexity index is 559. The Kier molecular flexibility index (Phi) is 4.64. The van der Waals surface area contributed by atoms with E-state index in [2.05, 4.69) is 4.98 Å². The minimum atomic E-state index is -3.59. The van der Waals surface area contributed by atoms with Gasteiger partial charge in [-0.15, -0.1) is 11.6 Å². The van der Waals surface area contributed by atoms with Gasteiger partial charge in [-0.05, 0) is 25.8 Å². The van der Waals surface area contributed by atoms with Crippen LogP contribution in [0.1, 0.15) is 18.9 Å². The van der Waals surface area contributed by atoms with E-state index in [4.69, 9.17) is 11.6 Å². The molecule has 18 heavy (non-hydrogen) atoms. The molecule has 1 aromatic rings. The molecule has 8 heteroatoms. The zero-order valence-electron chi connectivity index (χ0n) is 9.96. The number of nitrogens with zero attached hydrogens (tertiary/aromatic N) is 2. The van der Waals surface area contributed by atoms with E-state index in [1.54, 1.807) is 6.92 Å². The van der Waals surface area contributed by atoms with Crippen LogP contribution >= 0.6 is 11.6 Å². The maximum absolute atomic E-state index is 12.1. The maximum atomic E-state index is 12.1. The molecule has 1 rings (SSSR count). The van der Waals surface area contributed by atoms with Crippen molar-refractivity contribution in [2.24, 2.45) is 0 Å². The molecule has 100 valence electrons. The van der Waals surface area contributed by atoms with Crippen LogP contribution in [0.2, 0.25) is 0 Å². The maximum Gasteiger partial charge on any atom is 0.287 e. The van der Waals surface area contributed by atoms with Crippen molar-refractivity contribution in [2.75, 3.05) is 5.88 Å². The first kappa shape index (κ1) is 14.8. The van der Waals surface area contributed by atoms with Gasteiger partial charge >= 0.3 is 0 Å². The summed E-state index contributed by atoms with van der Waals surface area (Å²) in [5, 5.41) is 9.77. The molecule has 0 spiro atoms. The summed E-state index contributed by atoms with van der Waals surface area (Å²) in [4.78, 5) is 13.6. The first-order valence-corrected chi connectivity index (χ1v) is 7.29. The Balaban J connectivity index is 3.22. The van der Waals surface area contributed by atoms with Crippen LogP contribution in [0, 0.1) is 17.0 Å². The van der Waals surface area contributed by atoms with Gasteiger partial charge in [-0.25, -0.2) is 13.4 Å². The molecule has 0 bridgehead atoms. The van der Waals surface area contributed by atoms with Crippen molar-refractivity contribution in [3.05, 3.63) is 27.9 Å². The van der Waals surface area contributed by atoms with Crippen molar-refractivity contribution in [1.29, 1.82) is 0 Å². The minimum Gasteiger partial charge on any atom is -0.258 e. The van der Waals surface area contributed by atoms with E-state index in [1.165, 1.54) is 13.0 Å². The second-order valence-corrected chi connectivity index (χ2v) is 6.57. The summed E-state index contributed by atoms with van der Waals surface area (Å²) in [6.07, 6.45) is 1.26. The van der Waals surface area contributed by atoms with Crippen molar-refractivity contribution >= 4 is 27.1 Å². The molecule has 0 N–H and O–H groups in total. The summed E-state index contributed by atoms with van der Waals surface area (Å²) < 4.78 is 24.3. The SMILES string of the molecule is Cc1cc([N+](=O)[O-])cnc1S(=O)(=O)C(C)CCCl. The van der Waals surface area contributed by atoms with E-state index in [0.29, 0.717) is 6.42 Å². The van der Waals surface area contributed by atoms with E-state index in [1.807, 2.05) is 0 Å². The minimum absolute atomic E-state index is 0.120. The van der Waals surface area contributed by atoms with E-state index in [-0.39, 0.29) is 22.2 Å². The fourth-order valence-corrected chi connectivity index (χ4v) is 3.42. The number of sulfone groups is 1. The second kappa shape index (κ2) is 5.62. The van der Waals surface area contributed by atoms with E-state index in [0.717, 1.165) is 6.20 Å². The topological polar surface area (TPSA) is 90.2 Å². The van der Waals surface area contributed by atoms with Crippen LogP contribution in [0.3, 0.4) is 0 Å². The fraction of sp³-hybridized carbons (Fsp3) is 0.500. The van der Waals surface area contributed by atoms with Crippen LogP contribution < -0.4 is 0 Å². The summed E-state index contributed by atoms with van der Waals surface area (Å²) >= 11 is 5.52. The van der Waals surface area contributed by atoms with E-state index in [9.17, 15) is 18.5 Å². The number of rotatable bonds is 5. The van der Waals surface area contributed by atoms with Gasteiger partial charge in [-0.3, -0.25) is 10.1 Å². The van der Waals surface area contributed by atoms with Gasteiger partial charge in [0.1, 0.15) is 6.20 Å². The number of aromatic nitrogens is 1. The molecule has 0 aliphatic carbocycles. The molecule has 0 fully saturated rings. The molecule has 0 amide bonds. The molecule has 0 saturated heterocycles. The van der Waals surface area contributed by atoms with E-state index >= 15 is 0 Å². The molecule has 0 aliphatic heterocycles. The number of nitro groups is 1. The Morgan fingerprint density at radius 3 is 2.61 bits per heavy atom. The lowest BCUT2D eigenvalue weighted by atomic mass is 10.3. The third-order valence-corrected chi connectivity index (χ3v) is 5.02. The van der Waals surface area contributed by atoms with Crippen LogP contribution in [0.25, 0.3) is 0 Å². The highest BCUT2D eigenvalue weighted by atomic mass is 35.5. The standard InChI is InChI=1S/C10H13ClN2O4S/c1-7-5-9(13(14)15)6-12-10(7)18(16,17)8(2)3-4-11/h5-6,8H,3-4H2,1-2H3. The van der Waals surface area contributed by atoms with Crippen molar-refractivity contribution < 1.29 is 13.3 Å². The smallest absolute Gasteiger partial charge is 0.258 e. The zero-order chi connectivity index (χ0) is 13.9.